The van der Waals surface area contributed by atoms with E-state index in [1.807, 2.05) is 0 Å². The predicted molar refractivity (Wildman–Crippen MR) is 64.8 cm³/mol. The number of hydrogen-bond acceptors (Lipinski definition) is 2. The Hall–Kier alpha value is -0.0800. The van der Waals surface area contributed by atoms with Crippen LogP contribution in [0.5, 0.6) is 0 Å². The number of hydrogen-bond donors (Lipinski definition) is 0. The molecule has 0 aromatic carbocycles. The lowest BCUT2D eigenvalue weighted by Gasteiger charge is -2.13. The van der Waals surface area contributed by atoms with Crippen molar-refractivity contribution >= 4 is 0 Å². The molecule has 1 aliphatic rings. The molecule has 0 aliphatic heterocycles. The molecule has 0 unspecified atom stereocenters. The zero-order valence-electron chi connectivity index (χ0n) is 10.6. The van der Waals surface area contributed by atoms with Crippen molar-refractivity contribution in [2.24, 2.45) is 0 Å². The second-order valence-corrected chi connectivity index (χ2v) is 4.73. The molecule has 0 N–H and O–H groups in total. The largest absolute Gasteiger partial charge is 0.308 e. The summed E-state index contributed by atoms with van der Waals surface area (Å²) >= 11 is 0. The van der Waals surface area contributed by atoms with Gasteiger partial charge in [0.1, 0.15) is 0 Å². The monoisotopic (exact) mass is 200 g/mol. The van der Waals surface area contributed by atoms with Gasteiger partial charge >= 0.3 is 0 Å². The Bertz CT molecular complexity index is 87.4. The molecule has 86 valence electrons. The van der Waals surface area contributed by atoms with Gasteiger partial charge in [0.15, 0.2) is 0 Å². The maximum atomic E-state index is 2.18. The molecule has 0 atom stereocenters. The molecule has 0 heterocycles. The van der Waals surface area contributed by atoms with Crippen LogP contribution in [0.15, 0.2) is 0 Å². The fourth-order valence-electron chi connectivity index (χ4n) is 1.46. The minimum atomic E-state index is 1.15. The van der Waals surface area contributed by atoms with Gasteiger partial charge in [0.05, 0.1) is 0 Å². The van der Waals surface area contributed by atoms with Gasteiger partial charge in [-0.3, -0.25) is 0 Å². The van der Waals surface area contributed by atoms with Crippen LogP contribution in [-0.4, -0.2) is 51.1 Å². The molecule has 1 aliphatic carbocycles. The summed E-state index contributed by atoms with van der Waals surface area (Å²) in [6.45, 7) is 2.29. The van der Waals surface area contributed by atoms with Gasteiger partial charge in [0.2, 0.25) is 0 Å². The number of likely N-dealkylation sites (N-methyl/N-ethyl adjacent to an activating group) is 2. The third-order valence-electron chi connectivity index (χ3n) is 2.49. The van der Waals surface area contributed by atoms with Crippen molar-refractivity contribution in [2.75, 3.05) is 41.3 Å². The Labute approximate surface area is 90.3 Å². The van der Waals surface area contributed by atoms with E-state index in [1.54, 1.807) is 0 Å². The van der Waals surface area contributed by atoms with Crippen molar-refractivity contribution in [3.63, 3.8) is 0 Å². The lowest BCUT2D eigenvalue weighted by atomic mass is 10.0. The van der Waals surface area contributed by atoms with Crippen molar-refractivity contribution < 1.29 is 0 Å². The van der Waals surface area contributed by atoms with Crippen LogP contribution in [0, 0.1) is 0 Å². The van der Waals surface area contributed by atoms with Crippen LogP contribution in [0.25, 0.3) is 0 Å². The van der Waals surface area contributed by atoms with Crippen LogP contribution >= 0.6 is 0 Å². The fourth-order valence-corrected chi connectivity index (χ4v) is 1.46. The Morgan fingerprint density at radius 2 is 0.786 bits per heavy atom. The molecule has 0 aromatic heterocycles. The third-order valence-corrected chi connectivity index (χ3v) is 2.49. The molecule has 2 heteroatoms. The summed E-state index contributed by atoms with van der Waals surface area (Å²) in [5, 5.41) is 0. The highest BCUT2D eigenvalue weighted by molar-refractivity contribution is 4.51. The first-order valence-corrected chi connectivity index (χ1v) is 5.92. The third kappa shape index (κ3) is 11.9. The van der Waals surface area contributed by atoms with E-state index in [2.05, 4.69) is 38.0 Å². The van der Waals surface area contributed by atoms with Gasteiger partial charge < -0.3 is 9.80 Å². The smallest absolute Gasteiger partial charge is 0.0103 e. The Morgan fingerprint density at radius 1 is 0.571 bits per heavy atom. The van der Waals surface area contributed by atoms with Gasteiger partial charge in [-0.05, 0) is 28.2 Å². The highest BCUT2D eigenvalue weighted by atomic mass is 15.1. The summed E-state index contributed by atoms with van der Waals surface area (Å²) in [7, 11) is 8.35. The van der Waals surface area contributed by atoms with Crippen LogP contribution in [0.4, 0.5) is 0 Å². The molecule has 0 bridgehead atoms. The first-order valence-electron chi connectivity index (χ1n) is 5.92. The summed E-state index contributed by atoms with van der Waals surface area (Å²) < 4.78 is 0. The molecule has 1 saturated carbocycles. The standard InChI is InChI=1S/C6H16N2.C6H12/c1-7(2)5-6-8(3)4;1-2-4-6-5-3-1/h5-6H2,1-4H3;1-6H2. The molecule has 2 nitrogen and oxygen atoms in total. The lowest BCUT2D eigenvalue weighted by Crippen LogP contribution is -2.25. The van der Waals surface area contributed by atoms with E-state index in [4.69, 9.17) is 0 Å². The molecule has 0 amide bonds. The summed E-state index contributed by atoms with van der Waals surface area (Å²) in [5.41, 5.74) is 0. The topological polar surface area (TPSA) is 6.48 Å². The first kappa shape index (κ1) is 13.9. The summed E-state index contributed by atoms with van der Waals surface area (Å²) in [6, 6.07) is 0. The summed E-state index contributed by atoms with van der Waals surface area (Å²) in [4.78, 5) is 4.36. The Morgan fingerprint density at radius 3 is 0.929 bits per heavy atom. The molecule has 1 fully saturated rings. The van der Waals surface area contributed by atoms with Crippen LogP contribution in [0.3, 0.4) is 0 Å². The SMILES string of the molecule is C1CCCCC1.CN(C)CCN(C)C. The minimum absolute atomic E-state index is 1.15. The van der Waals surface area contributed by atoms with Crippen LogP contribution in [0.2, 0.25) is 0 Å². The quantitative estimate of drug-likeness (QED) is 0.690. The van der Waals surface area contributed by atoms with Gasteiger partial charge in [-0.1, -0.05) is 38.5 Å². The average molecular weight is 200 g/mol. The summed E-state index contributed by atoms with van der Waals surface area (Å²) in [6.07, 6.45) is 9.00. The van der Waals surface area contributed by atoms with E-state index in [1.165, 1.54) is 38.5 Å². The fraction of sp³-hybridized carbons (Fsp3) is 1.00. The zero-order valence-corrected chi connectivity index (χ0v) is 10.6. The van der Waals surface area contributed by atoms with E-state index < -0.39 is 0 Å². The van der Waals surface area contributed by atoms with Gasteiger partial charge in [-0.25, -0.2) is 0 Å². The molecule has 1 rings (SSSR count). The zero-order chi connectivity index (χ0) is 10.8. The van der Waals surface area contributed by atoms with E-state index in [0.29, 0.717) is 0 Å². The lowest BCUT2D eigenvalue weighted by molar-refractivity contribution is 0.320. The molecular weight excluding hydrogens is 172 g/mol. The van der Waals surface area contributed by atoms with Crippen molar-refractivity contribution in [1.82, 2.24) is 9.80 Å². The van der Waals surface area contributed by atoms with E-state index in [-0.39, 0.29) is 0 Å². The average Bonchev–Trinajstić information content (AvgIpc) is 2.18. The first-order chi connectivity index (χ1) is 6.63. The normalized spacial score (nSPS) is 16.7. The van der Waals surface area contributed by atoms with Crippen molar-refractivity contribution in [2.45, 2.75) is 38.5 Å². The van der Waals surface area contributed by atoms with E-state index >= 15 is 0 Å². The molecule has 14 heavy (non-hydrogen) atoms. The van der Waals surface area contributed by atoms with E-state index in [9.17, 15) is 0 Å². The van der Waals surface area contributed by atoms with Gasteiger partial charge in [-0.15, -0.1) is 0 Å². The molecular formula is C12H28N2. The van der Waals surface area contributed by atoms with Crippen LogP contribution in [-0.2, 0) is 0 Å². The molecule has 0 saturated heterocycles. The maximum Gasteiger partial charge on any atom is 0.0103 e. The van der Waals surface area contributed by atoms with Crippen LogP contribution in [0.1, 0.15) is 38.5 Å². The minimum Gasteiger partial charge on any atom is -0.308 e. The summed E-state index contributed by atoms with van der Waals surface area (Å²) in [5.74, 6) is 0. The Balaban J connectivity index is 0.000000249. The molecule has 0 radical (unpaired) electrons. The van der Waals surface area contributed by atoms with Gasteiger partial charge in [-0.2, -0.15) is 0 Å². The van der Waals surface area contributed by atoms with Crippen molar-refractivity contribution in [1.29, 1.82) is 0 Å². The van der Waals surface area contributed by atoms with Crippen molar-refractivity contribution in [3.05, 3.63) is 0 Å². The second kappa shape index (κ2) is 9.47. The highest BCUT2D eigenvalue weighted by Gasteiger charge is 1.95. The number of nitrogens with zero attached hydrogens (tertiary/aromatic N) is 2. The van der Waals surface area contributed by atoms with Crippen molar-refractivity contribution in [3.8, 4) is 0 Å². The number of rotatable bonds is 3. The molecule has 0 aromatic rings. The Kier molecular flexibility index (Phi) is 9.42. The van der Waals surface area contributed by atoms with Gasteiger partial charge in [0.25, 0.3) is 0 Å². The second-order valence-electron chi connectivity index (χ2n) is 4.73. The maximum absolute atomic E-state index is 2.18. The molecule has 0 spiro atoms. The van der Waals surface area contributed by atoms with Crippen LogP contribution < -0.4 is 0 Å². The van der Waals surface area contributed by atoms with E-state index in [0.717, 1.165) is 13.1 Å². The van der Waals surface area contributed by atoms with Gasteiger partial charge in [0, 0.05) is 13.1 Å². The highest BCUT2D eigenvalue weighted by Crippen LogP contribution is 2.15. The predicted octanol–water partition coefficient (Wildman–Crippen LogP) is 2.45.